The standard InChI is InChI=1S/C30H41N5O4/c1-2-10-24-29(37)34-18-9-15-26(34)28(36)33-25(21-22-11-4-3-5-12-22)30(38)35(31)19-8-14-23-13-6-7-16-27(23)39-20-17-32-24/h3-7,11-13,16,24-26,32H,2,8-10,14-15,17-21,31H2,1H3,(H,33,36)/t24-,25+,26+/m0/s1. The summed E-state index contributed by atoms with van der Waals surface area (Å²) in [5.41, 5.74) is 1.96. The zero-order valence-corrected chi connectivity index (χ0v) is 22.8. The van der Waals surface area contributed by atoms with Crippen molar-refractivity contribution in [2.75, 3.05) is 26.2 Å². The third-order valence-corrected chi connectivity index (χ3v) is 7.46. The van der Waals surface area contributed by atoms with Crippen LogP contribution in [-0.2, 0) is 27.2 Å². The van der Waals surface area contributed by atoms with Crippen LogP contribution in [0.3, 0.4) is 0 Å². The van der Waals surface area contributed by atoms with Gasteiger partial charge >= 0.3 is 0 Å². The number of carbonyl (C=O) groups excluding carboxylic acids is 3. The summed E-state index contributed by atoms with van der Waals surface area (Å²) in [6.07, 6.45) is 4.45. The Labute approximate surface area is 231 Å². The molecule has 4 N–H and O–H groups in total. The molecule has 9 heteroatoms. The molecule has 0 spiro atoms. The summed E-state index contributed by atoms with van der Waals surface area (Å²) in [6.45, 7) is 3.82. The Morgan fingerprint density at radius 3 is 2.51 bits per heavy atom. The van der Waals surface area contributed by atoms with Gasteiger partial charge in [-0.1, -0.05) is 61.9 Å². The van der Waals surface area contributed by atoms with Gasteiger partial charge in [0.15, 0.2) is 0 Å². The molecule has 2 heterocycles. The molecule has 0 aliphatic carbocycles. The molecule has 9 nitrogen and oxygen atoms in total. The lowest BCUT2D eigenvalue weighted by Crippen LogP contribution is -2.57. The van der Waals surface area contributed by atoms with Crippen molar-refractivity contribution in [2.24, 2.45) is 5.84 Å². The van der Waals surface area contributed by atoms with Crippen LogP contribution in [0.2, 0.25) is 0 Å². The lowest BCUT2D eigenvalue weighted by molar-refractivity contribution is -0.142. The minimum absolute atomic E-state index is 0.0811. The van der Waals surface area contributed by atoms with Crippen molar-refractivity contribution in [2.45, 2.75) is 70.0 Å². The lowest BCUT2D eigenvalue weighted by Gasteiger charge is -2.31. The van der Waals surface area contributed by atoms with Crippen LogP contribution in [0.25, 0.3) is 0 Å². The van der Waals surface area contributed by atoms with Crippen LogP contribution < -0.4 is 21.2 Å². The van der Waals surface area contributed by atoms with E-state index in [1.54, 1.807) is 4.90 Å². The molecule has 39 heavy (non-hydrogen) atoms. The van der Waals surface area contributed by atoms with E-state index in [-0.39, 0.29) is 17.7 Å². The molecular weight excluding hydrogens is 494 g/mol. The van der Waals surface area contributed by atoms with Gasteiger partial charge in [-0.3, -0.25) is 19.4 Å². The van der Waals surface area contributed by atoms with E-state index >= 15 is 0 Å². The highest BCUT2D eigenvalue weighted by molar-refractivity contribution is 5.93. The number of ether oxygens (including phenoxy) is 1. The predicted octanol–water partition coefficient (Wildman–Crippen LogP) is 2.19. The Balaban J connectivity index is 1.59. The Hall–Kier alpha value is -3.43. The zero-order chi connectivity index (χ0) is 27.6. The summed E-state index contributed by atoms with van der Waals surface area (Å²) in [5, 5.41) is 7.53. The molecular formula is C30H41N5O4. The second-order valence-electron chi connectivity index (χ2n) is 10.3. The van der Waals surface area contributed by atoms with E-state index in [4.69, 9.17) is 10.6 Å². The largest absolute Gasteiger partial charge is 0.492 e. The van der Waals surface area contributed by atoms with Crippen LogP contribution in [0.1, 0.15) is 50.2 Å². The summed E-state index contributed by atoms with van der Waals surface area (Å²) in [5.74, 6) is 6.30. The molecule has 2 aliphatic rings. The first kappa shape index (κ1) is 28.6. The minimum atomic E-state index is -0.832. The molecule has 2 aromatic rings. The molecule has 0 unspecified atom stereocenters. The van der Waals surface area contributed by atoms with E-state index < -0.39 is 18.1 Å². The molecule has 0 aromatic heterocycles. The van der Waals surface area contributed by atoms with E-state index in [0.717, 1.165) is 29.7 Å². The zero-order valence-electron chi connectivity index (χ0n) is 22.8. The van der Waals surface area contributed by atoms with E-state index in [0.29, 0.717) is 58.3 Å². The van der Waals surface area contributed by atoms with Crippen molar-refractivity contribution >= 4 is 17.7 Å². The summed E-state index contributed by atoms with van der Waals surface area (Å²) in [6, 6.07) is 15.6. The number of fused-ring (bicyclic) bond motifs is 2. The van der Waals surface area contributed by atoms with E-state index in [9.17, 15) is 14.4 Å². The molecule has 2 aromatic carbocycles. The molecule has 210 valence electrons. The number of nitrogens with one attached hydrogen (secondary N) is 2. The van der Waals surface area contributed by atoms with Gasteiger partial charge in [0.2, 0.25) is 11.8 Å². The van der Waals surface area contributed by atoms with Gasteiger partial charge in [0, 0.05) is 26.1 Å². The highest BCUT2D eigenvalue weighted by Gasteiger charge is 2.38. The number of hydrogen-bond acceptors (Lipinski definition) is 6. The van der Waals surface area contributed by atoms with Crippen LogP contribution in [0.5, 0.6) is 5.75 Å². The minimum Gasteiger partial charge on any atom is -0.492 e. The number of rotatable bonds is 4. The molecule has 0 radical (unpaired) electrons. The fraction of sp³-hybridized carbons (Fsp3) is 0.500. The topological polar surface area (TPSA) is 117 Å². The quantitative estimate of drug-likeness (QED) is 0.408. The number of carbonyl (C=O) groups is 3. The Morgan fingerprint density at radius 1 is 0.949 bits per heavy atom. The second-order valence-corrected chi connectivity index (χ2v) is 10.3. The molecule has 0 bridgehead atoms. The van der Waals surface area contributed by atoms with E-state index in [1.807, 2.05) is 61.5 Å². The number of nitrogens with zero attached hydrogens (tertiary/aromatic N) is 2. The average Bonchev–Trinajstić information content (AvgIpc) is 3.44. The van der Waals surface area contributed by atoms with Crippen molar-refractivity contribution in [1.29, 1.82) is 0 Å². The molecule has 0 saturated carbocycles. The molecule has 1 saturated heterocycles. The van der Waals surface area contributed by atoms with Crippen LogP contribution in [0, 0.1) is 0 Å². The normalized spacial score (nSPS) is 23.7. The summed E-state index contributed by atoms with van der Waals surface area (Å²) in [4.78, 5) is 42.3. The third kappa shape index (κ3) is 7.58. The SMILES string of the molecule is CCC[C@@H]1NCCOc2ccccc2CCCN(N)C(=O)[C@@H](Cc2ccccc2)NC(=O)[C@H]2CCCN2C1=O. The Kier molecular flexibility index (Phi) is 10.3. The Morgan fingerprint density at radius 2 is 1.72 bits per heavy atom. The number of hydrogen-bond donors (Lipinski definition) is 3. The van der Waals surface area contributed by atoms with Gasteiger partial charge in [0.25, 0.3) is 5.91 Å². The summed E-state index contributed by atoms with van der Waals surface area (Å²) >= 11 is 0. The maximum absolute atomic E-state index is 13.6. The fourth-order valence-corrected chi connectivity index (χ4v) is 5.42. The van der Waals surface area contributed by atoms with Crippen LogP contribution in [0.4, 0.5) is 0 Å². The van der Waals surface area contributed by atoms with Gasteiger partial charge in [0.1, 0.15) is 24.4 Å². The fourth-order valence-electron chi connectivity index (χ4n) is 5.42. The van der Waals surface area contributed by atoms with Crippen molar-refractivity contribution in [3.8, 4) is 5.75 Å². The average molecular weight is 536 g/mol. The molecule has 4 rings (SSSR count). The second kappa shape index (κ2) is 14.1. The first-order valence-corrected chi connectivity index (χ1v) is 14.1. The first-order chi connectivity index (χ1) is 19.0. The smallest absolute Gasteiger partial charge is 0.259 e. The summed E-state index contributed by atoms with van der Waals surface area (Å²) < 4.78 is 6.07. The van der Waals surface area contributed by atoms with Crippen molar-refractivity contribution in [1.82, 2.24) is 20.5 Å². The van der Waals surface area contributed by atoms with Crippen molar-refractivity contribution in [3.05, 3.63) is 65.7 Å². The highest BCUT2D eigenvalue weighted by atomic mass is 16.5. The Bertz CT molecular complexity index is 1110. The maximum Gasteiger partial charge on any atom is 0.259 e. The van der Waals surface area contributed by atoms with Crippen molar-refractivity contribution in [3.63, 3.8) is 0 Å². The molecule has 2 aliphatic heterocycles. The van der Waals surface area contributed by atoms with Gasteiger partial charge in [-0.15, -0.1) is 0 Å². The lowest BCUT2D eigenvalue weighted by atomic mass is 10.0. The number of hydrazine groups is 1. The highest BCUT2D eigenvalue weighted by Crippen LogP contribution is 2.22. The van der Waals surface area contributed by atoms with Gasteiger partial charge in [-0.25, -0.2) is 5.84 Å². The molecule has 3 amide bonds. The van der Waals surface area contributed by atoms with Gasteiger partial charge in [0.05, 0.1) is 6.04 Å². The number of aryl methyl sites for hydroxylation is 1. The van der Waals surface area contributed by atoms with Crippen LogP contribution in [0.15, 0.2) is 54.6 Å². The first-order valence-electron chi connectivity index (χ1n) is 14.1. The number of amides is 3. The van der Waals surface area contributed by atoms with E-state index in [1.165, 1.54) is 5.01 Å². The van der Waals surface area contributed by atoms with E-state index in [2.05, 4.69) is 10.6 Å². The number of benzene rings is 2. The van der Waals surface area contributed by atoms with Crippen LogP contribution >= 0.6 is 0 Å². The molecule has 1 fully saturated rings. The van der Waals surface area contributed by atoms with Gasteiger partial charge in [-0.05, 0) is 49.3 Å². The van der Waals surface area contributed by atoms with Gasteiger partial charge < -0.3 is 20.3 Å². The number of nitrogens with two attached hydrogens (primary N) is 1. The monoisotopic (exact) mass is 535 g/mol. The molecule has 3 atom stereocenters. The van der Waals surface area contributed by atoms with Crippen LogP contribution in [-0.4, -0.2) is 72.0 Å². The van der Waals surface area contributed by atoms with Crippen molar-refractivity contribution < 1.29 is 19.1 Å². The predicted molar refractivity (Wildman–Crippen MR) is 150 cm³/mol. The maximum atomic E-state index is 13.6. The van der Waals surface area contributed by atoms with Gasteiger partial charge in [-0.2, -0.15) is 0 Å². The number of para-hydroxylation sites is 1. The summed E-state index contributed by atoms with van der Waals surface area (Å²) in [7, 11) is 0. The third-order valence-electron chi connectivity index (χ3n) is 7.46.